The van der Waals surface area contributed by atoms with Crippen molar-refractivity contribution in [2.75, 3.05) is 0 Å². The van der Waals surface area contributed by atoms with Gasteiger partial charge in [-0.2, -0.15) is 0 Å². The smallest absolute Gasteiger partial charge is 0.265 e. The molecule has 1 aliphatic carbocycles. The van der Waals surface area contributed by atoms with Crippen molar-refractivity contribution < 1.29 is 13.6 Å². The number of amides is 1. The van der Waals surface area contributed by atoms with Gasteiger partial charge in [-0.15, -0.1) is 0 Å². The maximum Gasteiger partial charge on any atom is 0.265 e. The molecule has 0 spiro atoms. The third-order valence-electron chi connectivity index (χ3n) is 5.26. The molecule has 7 heteroatoms. The lowest BCUT2D eigenvalue weighted by Crippen LogP contribution is -2.34. The zero-order chi connectivity index (χ0) is 20.6. The lowest BCUT2D eigenvalue weighted by atomic mass is 10.00. The molecule has 28 heavy (non-hydrogen) atoms. The van der Waals surface area contributed by atoms with E-state index in [1.807, 2.05) is 6.92 Å². The van der Waals surface area contributed by atoms with Gasteiger partial charge in [-0.25, -0.2) is 8.78 Å². The van der Waals surface area contributed by atoms with Crippen LogP contribution in [0.4, 0.5) is 8.78 Å². The monoisotopic (exact) mass is 452 g/mol. The second-order valence-corrected chi connectivity index (χ2v) is 8.11. The lowest BCUT2D eigenvalue weighted by Gasteiger charge is -2.22. The highest BCUT2D eigenvalue weighted by Gasteiger charge is 2.35. The first-order valence-corrected chi connectivity index (χ1v) is 10.2. The highest BCUT2D eigenvalue weighted by molar-refractivity contribution is 9.10. The van der Waals surface area contributed by atoms with Crippen LogP contribution in [0.3, 0.4) is 0 Å². The third kappa shape index (κ3) is 3.90. The van der Waals surface area contributed by atoms with E-state index < -0.39 is 17.7 Å². The topological polar surface area (TPSA) is 51.1 Å². The third-order valence-corrected chi connectivity index (χ3v) is 6.19. The van der Waals surface area contributed by atoms with Gasteiger partial charge in [-0.3, -0.25) is 9.59 Å². The number of carbonyl (C=O) groups is 1. The Bertz CT molecular complexity index is 983. The van der Waals surface area contributed by atoms with Crippen LogP contribution in [0.5, 0.6) is 0 Å². The van der Waals surface area contributed by atoms with E-state index in [2.05, 4.69) is 21.2 Å². The molecule has 1 fully saturated rings. The molecular weight excluding hydrogens is 430 g/mol. The van der Waals surface area contributed by atoms with Gasteiger partial charge < -0.3 is 9.88 Å². The highest BCUT2D eigenvalue weighted by atomic mass is 79.9. The molecule has 150 valence electrons. The molecule has 4 nitrogen and oxygen atoms in total. The molecule has 1 amide bonds. The summed E-state index contributed by atoms with van der Waals surface area (Å²) in [5, 5.41) is 2.99. The van der Waals surface area contributed by atoms with Gasteiger partial charge in [-0.1, -0.05) is 13.0 Å². The van der Waals surface area contributed by atoms with Gasteiger partial charge >= 0.3 is 0 Å². The fraction of sp³-hybridized carbons (Fsp3) is 0.429. The molecule has 1 heterocycles. The van der Waals surface area contributed by atoms with Crippen LogP contribution in [0.1, 0.15) is 59.4 Å². The average molecular weight is 453 g/mol. The number of carbonyl (C=O) groups excluding carboxylic acids is 1. The molecule has 1 aromatic carbocycles. The van der Waals surface area contributed by atoms with Gasteiger partial charge in [0, 0.05) is 12.2 Å². The van der Waals surface area contributed by atoms with E-state index in [1.165, 1.54) is 6.07 Å². The Hall–Kier alpha value is -2.02. The van der Waals surface area contributed by atoms with Gasteiger partial charge in [0.05, 0.1) is 16.1 Å². The number of nitrogens with zero attached hydrogens (tertiary/aromatic N) is 1. The standard InChI is InChI=1S/C21H23BrF2N2O2/c1-4-9-26-12(3)17(11(2)18(22)21(26)28)20(27)25-19(13-5-6-13)14-7-8-15(23)16(24)10-14/h7-8,10,13,19H,4-6,9H2,1-3H3,(H,25,27)/t19-/m0/s1. The zero-order valence-electron chi connectivity index (χ0n) is 16.1. The molecule has 1 N–H and O–H groups in total. The van der Waals surface area contributed by atoms with Crippen LogP contribution in [0.15, 0.2) is 27.5 Å². The lowest BCUT2D eigenvalue weighted by molar-refractivity contribution is 0.0929. The predicted molar refractivity (Wildman–Crippen MR) is 107 cm³/mol. The molecule has 1 aliphatic rings. The number of pyridine rings is 1. The van der Waals surface area contributed by atoms with E-state index in [0.717, 1.165) is 31.4 Å². The normalized spacial score (nSPS) is 14.8. The van der Waals surface area contributed by atoms with Crippen LogP contribution >= 0.6 is 15.9 Å². The fourth-order valence-corrected chi connectivity index (χ4v) is 4.01. The van der Waals surface area contributed by atoms with Gasteiger partial charge in [0.15, 0.2) is 11.6 Å². The summed E-state index contributed by atoms with van der Waals surface area (Å²) >= 11 is 3.32. The predicted octanol–water partition coefficient (Wildman–Crippen LogP) is 4.80. The zero-order valence-corrected chi connectivity index (χ0v) is 17.7. The first-order chi connectivity index (χ1) is 13.3. The van der Waals surface area contributed by atoms with Crippen molar-refractivity contribution in [3.8, 4) is 0 Å². The molecule has 1 aromatic heterocycles. The maximum absolute atomic E-state index is 13.7. The van der Waals surface area contributed by atoms with Crippen LogP contribution in [-0.4, -0.2) is 10.5 Å². The molecule has 0 radical (unpaired) electrons. The second kappa shape index (κ2) is 8.15. The van der Waals surface area contributed by atoms with Gasteiger partial charge in [0.1, 0.15) is 0 Å². The number of benzene rings is 1. The van der Waals surface area contributed by atoms with Crippen molar-refractivity contribution in [1.82, 2.24) is 9.88 Å². The molecule has 0 aliphatic heterocycles. The van der Waals surface area contributed by atoms with E-state index in [-0.39, 0.29) is 17.4 Å². The van der Waals surface area contributed by atoms with Crippen molar-refractivity contribution in [3.63, 3.8) is 0 Å². The first-order valence-electron chi connectivity index (χ1n) is 9.41. The Morgan fingerprint density at radius 3 is 2.54 bits per heavy atom. The van der Waals surface area contributed by atoms with Crippen LogP contribution in [0.25, 0.3) is 0 Å². The number of hydrogen-bond acceptors (Lipinski definition) is 2. The molecule has 0 unspecified atom stereocenters. The highest BCUT2D eigenvalue weighted by Crippen LogP contribution is 2.41. The number of aromatic nitrogens is 1. The summed E-state index contributed by atoms with van der Waals surface area (Å²) in [6, 6.07) is 3.34. The Balaban J connectivity index is 1.99. The van der Waals surface area contributed by atoms with Gasteiger partial charge in [0.2, 0.25) is 0 Å². The van der Waals surface area contributed by atoms with E-state index in [4.69, 9.17) is 0 Å². The van der Waals surface area contributed by atoms with Gasteiger partial charge in [-0.05, 0) is 78.2 Å². The average Bonchev–Trinajstić information content (AvgIpc) is 3.49. The van der Waals surface area contributed by atoms with E-state index in [9.17, 15) is 18.4 Å². The Morgan fingerprint density at radius 1 is 1.29 bits per heavy atom. The number of rotatable bonds is 6. The van der Waals surface area contributed by atoms with E-state index in [1.54, 1.807) is 18.4 Å². The van der Waals surface area contributed by atoms with Crippen molar-refractivity contribution in [2.45, 2.75) is 52.6 Å². The van der Waals surface area contributed by atoms with Gasteiger partial charge in [0.25, 0.3) is 11.5 Å². The molecule has 3 rings (SSSR count). The van der Waals surface area contributed by atoms with Crippen molar-refractivity contribution in [3.05, 3.63) is 67.0 Å². The summed E-state index contributed by atoms with van der Waals surface area (Å²) in [5.41, 5.74) is 2.00. The van der Waals surface area contributed by atoms with Crippen LogP contribution in [0, 0.1) is 31.4 Å². The summed E-state index contributed by atoms with van der Waals surface area (Å²) in [5.74, 6) is -1.96. The first kappa shape index (κ1) is 20.7. The molecule has 1 saturated carbocycles. The van der Waals surface area contributed by atoms with Crippen molar-refractivity contribution in [2.24, 2.45) is 5.92 Å². The van der Waals surface area contributed by atoms with E-state index >= 15 is 0 Å². The van der Waals surface area contributed by atoms with E-state index in [0.29, 0.717) is 33.4 Å². The number of hydrogen-bond donors (Lipinski definition) is 1. The SMILES string of the molecule is CCCn1c(C)c(C(=O)N[C@H](c2ccc(F)c(F)c2)C2CC2)c(C)c(Br)c1=O. The Labute approximate surface area is 171 Å². The molecule has 1 atom stereocenters. The summed E-state index contributed by atoms with van der Waals surface area (Å²) in [6.45, 7) is 5.97. The molecule has 0 saturated heterocycles. The minimum absolute atomic E-state index is 0.159. The molecule has 2 aromatic rings. The number of nitrogens with one attached hydrogen (secondary N) is 1. The summed E-state index contributed by atoms with van der Waals surface area (Å²) in [7, 11) is 0. The summed E-state index contributed by atoms with van der Waals surface area (Å²) in [6.07, 6.45) is 2.60. The molecular formula is C21H23BrF2N2O2. The Morgan fingerprint density at radius 2 is 1.96 bits per heavy atom. The minimum atomic E-state index is -0.927. The van der Waals surface area contributed by atoms with Crippen LogP contribution < -0.4 is 10.9 Å². The van der Waals surface area contributed by atoms with Crippen molar-refractivity contribution in [1.29, 1.82) is 0 Å². The van der Waals surface area contributed by atoms with Crippen molar-refractivity contribution >= 4 is 21.8 Å². The summed E-state index contributed by atoms with van der Waals surface area (Å²) < 4.78 is 29.0. The van der Waals surface area contributed by atoms with Crippen LogP contribution in [0.2, 0.25) is 0 Å². The largest absolute Gasteiger partial charge is 0.345 e. The molecule has 0 bridgehead atoms. The summed E-state index contributed by atoms with van der Waals surface area (Å²) in [4.78, 5) is 25.7. The number of halogens is 3. The maximum atomic E-state index is 13.7. The second-order valence-electron chi connectivity index (χ2n) is 7.32. The Kier molecular flexibility index (Phi) is 6.03. The van der Waals surface area contributed by atoms with Crippen LogP contribution in [-0.2, 0) is 6.54 Å². The minimum Gasteiger partial charge on any atom is -0.345 e. The quantitative estimate of drug-likeness (QED) is 0.684. The fourth-order valence-electron chi connectivity index (χ4n) is 3.60.